The van der Waals surface area contributed by atoms with Gasteiger partial charge in [0.25, 0.3) is 17.5 Å². The fourth-order valence-electron chi connectivity index (χ4n) is 4.53. The Balaban J connectivity index is 1.27. The minimum Gasteiger partial charge on any atom is -0.321 e. The van der Waals surface area contributed by atoms with E-state index in [1.807, 2.05) is 50.2 Å². The number of non-ortho nitro benzene ring substituents is 1. The number of thiazole rings is 1. The quantitative estimate of drug-likeness (QED) is 0.0526. The Hall–Kier alpha value is -5.59. The fourth-order valence-corrected chi connectivity index (χ4v) is 6.27. The van der Waals surface area contributed by atoms with Crippen LogP contribution >= 0.6 is 23.1 Å². The molecule has 1 atom stereocenters. The molecular formula is C36H31N5O5S2. The van der Waals surface area contributed by atoms with Gasteiger partial charge in [-0.25, -0.2) is 4.98 Å². The van der Waals surface area contributed by atoms with E-state index in [-0.39, 0.29) is 17.3 Å². The zero-order valence-electron chi connectivity index (χ0n) is 26.0. The second-order valence-electron chi connectivity index (χ2n) is 10.6. The SMILES string of the molecule is CCC(Sc1cccc(NC(=O)/C(=C/c2ccc(C)cc2)NC(=O)c2ccccc2)c1)C(=O)Nc1nc(-c2cccc([N+](=O)[O-])c2)cs1. The van der Waals surface area contributed by atoms with Crippen LogP contribution in [-0.4, -0.2) is 32.9 Å². The van der Waals surface area contributed by atoms with E-state index < -0.39 is 22.0 Å². The number of hydrogen-bond donors (Lipinski definition) is 3. The Morgan fingerprint density at radius 1 is 0.938 bits per heavy atom. The van der Waals surface area contributed by atoms with Crippen molar-refractivity contribution in [3.63, 3.8) is 0 Å². The van der Waals surface area contributed by atoms with Crippen LogP contribution in [0.5, 0.6) is 0 Å². The highest BCUT2D eigenvalue weighted by Gasteiger charge is 2.21. The van der Waals surface area contributed by atoms with Gasteiger partial charge < -0.3 is 16.0 Å². The number of nitro benzene ring substituents is 1. The molecule has 1 heterocycles. The maximum Gasteiger partial charge on any atom is 0.272 e. The summed E-state index contributed by atoms with van der Waals surface area (Å²) in [6.07, 6.45) is 2.14. The summed E-state index contributed by atoms with van der Waals surface area (Å²) in [5.74, 6) is -1.17. The van der Waals surface area contributed by atoms with E-state index in [4.69, 9.17) is 0 Å². The van der Waals surface area contributed by atoms with Crippen LogP contribution in [0, 0.1) is 17.0 Å². The van der Waals surface area contributed by atoms with Crippen molar-refractivity contribution in [1.82, 2.24) is 10.3 Å². The number of carbonyl (C=O) groups is 3. The molecule has 0 fully saturated rings. The Bertz CT molecular complexity index is 1980. The third kappa shape index (κ3) is 9.02. The zero-order chi connectivity index (χ0) is 34.0. The number of benzene rings is 4. The first-order chi connectivity index (χ1) is 23.2. The summed E-state index contributed by atoms with van der Waals surface area (Å²) in [6.45, 7) is 3.87. The molecule has 0 spiro atoms. The number of aromatic nitrogens is 1. The van der Waals surface area contributed by atoms with Crippen molar-refractivity contribution in [2.45, 2.75) is 30.4 Å². The van der Waals surface area contributed by atoms with Gasteiger partial charge in [0.1, 0.15) is 5.70 Å². The Morgan fingerprint density at radius 3 is 2.42 bits per heavy atom. The summed E-state index contributed by atoms with van der Waals surface area (Å²) >= 11 is 2.57. The highest BCUT2D eigenvalue weighted by molar-refractivity contribution is 8.00. The molecular weight excluding hydrogens is 647 g/mol. The maximum atomic E-state index is 13.5. The van der Waals surface area contributed by atoms with Crippen molar-refractivity contribution in [2.24, 2.45) is 0 Å². The molecule has 3 amide bonds. The first-order valence-electron chi connectivity index (χ1n) is 14.9. The summed E-state index contributed by atoms with van der Waals surface area (Å²) in [5, 5.41) is 21.3. The molecule has 0 aliphatic heterocycles. The van der Waals surface area contributed by atoms with Gasteiger partial charge in [0.05, 0.1) is 15.9 Å². The van der Waals surface area contributed by atoms with E-state index in [0.717, 1.165) is 16.0 Å². The topological polar surface area (TPSA) is 143 Å². The third-order valence-electron chi connectivity index (χ3n) is 7.04. The number of amides is 3. The first kappa shape index (κ1) is 33.8. The lowest BCUT2D eigenvalue weighted by molar-refractivity contribution is -0.384. The van der Waals surface area contributed by atoms with Crippen LogP contribution in [0.2, 0.25) is 0 Å². The molecule has 4 aromatic carbocycles. The number of aryl methyl sites for hydroxylation is 1. The summed E-state index contributed by atoms with van der Waals surface area (Å²) in [4.78, 5) is 55.6. The molecule has 5 rings (SSSR count). The number of carbonyl (C=O) groups excluding carboxylic acids is 3. The smallest absolute Gasteiger partial charge is 0.272 e. The van der Waals surface area contributed by atoms with E-state index >= 15 is 0 Å². The minimum absolute atomic E-state index is 0.0394. The molecule has 3 N–H and O–H groups in total. The van der Waals surface area contributed by atoms with Crippen LogP contribution < -0.4 is 16.0 Å². The monoisotopic (exact) mass is 677 g/mol. The second-order valence-corrected chi connectivity index (χ2v) is 12.8. The van der Waals surface area contributed by atoms with E-state index in [0.29, 0.717) is 34.1 Å². The lowest BCUT2D eigenvalue weighted by Gasteiger charge is -2.15. The molecule has 0 aliphatic carbocycles. The Labute approximate surface area is 285 Å². The van der Waals surface area contributed by atoms with Crippen LogP contribution in [0.1, 0.15) is 34.8 Å². The molecule has 0 radical (unpaired) electrons. The lowest BCUT2D eigenvalue weighted by Crippen LogP contribution is -2.30. The highest BCUT2D eigenvalue weighted by Crippen LogP contribution is 2.31. The Kier molecular flexibility index (Phi) is 11.1. The predicted octanol–water partition coefficient (Wildman–Crippen LogP) is 7.95. The second kappa shape index (κ2) is 15.8. The zero-order valence-corrected chi connectivity index (χ0v) is 27.6. The van der Waals surface area contributed by atoms with Crippen molar-refractivity contribution in [1.29, 1.82) is 0 Å². The van der Waals surface area contributed by atoms with Crippen LogP contribution in [0.4, 0.5) is 16.5 Å². The van der Waals surface area contributed by atoms with Gasteiger partial charge in [-0.3, -0.25) is 24.5 Å². The number of nitro groups is 1. The van der Waals surface area contributed by atoms with Crippen LogP contribution in [0.25, 0.3) is 17.3 Å². The molecule has 10 nitrogen and oxygen atoms in total. The van der Waals surface area contributed by atoms with Gasteiger partial charge in [0, 0.05) is 39.2 Å². The highest BCUT2D eigenvalue weighted by atomic mass is 32.2. The van der Waals surface area contributed by atoms with E-state index in [1.165, 1.54) is 35.2 Å². The van der Waals surface area contributed by atoms with Gasteiger partial charge in [0.15, 0.2) is 5.13 Å². The summed E-state index contributed by atoms with van der Waals surface area (Å²) in [7, 11) is 0. The number of nitrogens with one attached hydrogen (secondary N) is 3. The van der Waals surface area contributed by atoms with Gasteiger partial charge in [-0.05, 0) is 55.3 Å². The number of thioether (sulfide) groups is 1. The standard InChI is InChI=1S/C36H31N5O5S2/c1-3-32(35(44)40-36-39-31(22-47-36)26-11-7-13-28(20-26)41(45)46)48-29-14-8-12-27(21-29)37-34(43)30(19-24-17-15-23(2)16-18-24)38-33(42)25-9-5-4-6-10-25/h4-22,32H,3H2,1-2H3,(H,37,43)(H,38,42)(H,39,40,44)/b30-19-. The van der Waals surface area contributed by atoms with Gasteiger partial charge in [0.2, 0.25) is 5.91 Å². The molecule has 48 heavy (non-hydrogen) atoms. The molecule has 0 saturated heterocycles. The summed E-state index contributed by atoms with van der Waals surface area (Å²) < 4.78 is 0. The van der Waals surface area contributed by atoms with Crippen molar-refractivity contribution in [3.8, 4) is 11.3 Å². The molecule has 0 bridgehead atoms. The van der Waals surface area contributed by atoms with Crippen molar-refractivity contribution >= 4 is 63.4 Å². The summed E-state index contributed by atoms with van der Waals surface area (Å²) in [6, 6.07) is 29.5. The van der Waals surface area contributed by atoms with Crippen LogP contribution in [-0.2, 0) is 9.59 Å². The molecule has 1 aromatic heterocycles. The number of nitrogens with zero attached hydrogens (tertiary/aromatic N) is 2. The average molecular weight is 678 g/mol. The van der Waals surface area contributed by atoms with Crippen molar-refractivity contribution < 1.29 is 19.3 Å². The average Bonchev–Trinajstić information content (AvgIpc) is 3.56. The van der Waals surface area contributed by atoms with E-state index in [9.17, 15) is 24.5 Å². The number of anilines is 2. The van der Waals surface area contributed by atoms with Gasteiger partial charge in [-0.15, -0.1) is 23.1 Å². The first-order valence-corrected chi connectivity index (χ1v) is 16.7. The van der Waals surface area contributed by atoms with E-state index in [1.54, 1.807) is 66.1 Å². The Morgan fingerprint density at radius 2 is 1.69 bits per heavy atom. The third-order valence-corrected chi connectivity index (χ3v) is 9.15. The van der Waals surface area contributed by atoms with Gasteiger partial charge in [-0.2, -0.15) is 0 Å². The normalized spacial score (nSPS) is 11.8. The predicted molar refractivity (Wildman–Crippen MR) is 191 cm³/mol. The van der Waals surface area contributed by atoms with Crippen LogP contribution in [0.3, 0.4) is 0 Å². The molecule has 12 heteroatoms. The molecule has 5 aromatic rings. The maximum absolute atomic E-state index is 13.5. The van der Waals surface area contributed by atoms with Crippen molar-refractivity contribution in [2.75, 3.05) is 10.6 Å². The largest absolute Gasteiger partial charge is 0.321 e. The molecule has 0 saturated carbocycles. The minimum atomic E-state index is -0.505. The lowest BCUT2D eigenvalue weighted by atomic mass is 10.1. The number of hydrogen-bond acceptors (Lipinski definition) is 8. The molecule has 242 valence electrons. The summed E-state index contributed by atoms with van der Waals surface area (Å²) in [5.41, 5.74) is 3.86. The number of rotatable bonds is 12. The van der Waals surface area contributed by atoms with E-state index in [2.05, 4.69) is 20.9 Å². The van der Waals surface area contributed by atoms with Gasteiger partial charge >= 0.3 is 0 Å². The molecule has 1 unspecified atom stereocenters. The molecule has 0 aliphatic rings. The van der Waals surface area contributed by atoms with Gasteiger partial charge in [-0.1, -0.05) is 73.2 Å². The fraction of sp³-hybridized carbons (Fsp3) is 0.111. The van der Waals surface area contributed by atoms with Crippen molar-refractivity contribution in [3.05, 3.63) is 141 Å². The van der Waals surface area contributed by atoms with Crippen LogP contribution in [0.15, 0.2) is 119 Å².